The van der Waals surface area contributed by atoms with Gasteiger partial charge in [0.15, 0.2) is 0 Å². The number of amides is 1. The van der Waals surface area contributed by atoms with E-state index in [0.29, 0.717) is 11.6 Å². The molecule has 0 bridgehead atoms. The Balaban J connectivity index is 2.11. The van der Waals surface area contributed by atoms with Gasteiger partial charge in [0.2, 0.25) is 5.91 Å². The van der Waals surface area contributed by atoms with Crippen molar-refractivity contribution in [3.05, 3.63) is 29.3 Å². The van der Waals surface area contributed by atoms with Crippen LogP contribution in [0.5, 0.6) is 0 Å². The number of carbonyl (C=O) groups is 1. The van der Waals surface area contributed by atoms with Crippen LogP contribution in [0.2, 0.25) is 5.02 Å². The van der Waals surface area contributed by atoms with Gasteiger partial charge >= 0.3 is 0 Å². The fourth-order valence-electron chi connectivity index (χ4n) is 1.78. The largest absolute Gasteiger partial charge is 0.325 e. The van der Waals surface area contributed by atoms with E-state index in [1.54, 1.807) is 12.1 Å². The number of nitrogens with one attached hydrogen (secondary N) is 2. The van der Waals surface area contributed by atoms with Crippen LogP contribution in [-0.4, -0.2) is 19.0 Å². The number of hydrogen-bond donors (Lipinski definition) is 2. The van der Waals surface area contributed by atoms with Gasteiger partial charge in [-0.25, -0.2) is 0 Å². The average molecular weight is 283 g/mol. The van der Waals surface area contributed by atoms with Gasteiger partial charge in [-0.1, -0.05) is 44.4 Å². The molecular weight excluding hydrogens is 260 g/mol. The molecule has 1 amide bonds. The van der Waals surface area contributed by atoms with Gasteiger partial charge in [-0.2, -0.15) is 0 Å². The zero-order valence-corrected chi connectivity index (χ0v) is 12.5. The molecule has 0 fully saturated rings. The molecule has 1 aromatic rings. The van der Waals surface area contributed by atoms with Crippen LogP contribution in [0.15, 0.2) is 24.3 Å². The van der Waals surface area contributed by atoms with Crippen LogP contribution in [0.25, 0.3) is 0 Å². The molecule has 0 saturated heterocycles. The zero-order valence-electron chi connectivity index (χ0n) is 11.7. The third kappa shape index (κ3) is 7.85. The average Bonchev–Trinajstić information content (AvgIpc) is 2.33. The van der Waals surface area contributed by atoms with E-state index in [4.69, 9.17) is 11.6 Å². The van der Waals surface area contributed by atoms with Crippen molar-refractivity contribution in [2.75, 3.05) is 18.4 Å². The molecule has 0 aliphatic heterocycles. The Bertz CT molecular complexity index is 393. The van der Waals surface area contributed by atoms with E-state index in [0.717, 1.165) is 24.6 Å². The minimum atomic E-state index is -0.0360. The lowest BCUT2D eigenvalue weighted by atomic mass is 10.1. The van der Waals surface area contributed by atoms with E-state index in [9.17, 15) is 4.79 Å². The third-order valence-electron chi connectivity index (χ3n) is 2.78. The van der Waals surface area contributed by atoms with Crippen molar-refractivity contribution >= 4 is 23.2 Å². The van der Waals surface area contributed by atoms with Gasteiger partial charge in [0.1, 0.15) is 0 Å². The smallest absolute Gasteiger partial charge is 0.238 e. The number of rotatable bonds is 8. The quantitative estimate of drug-likeness (QED) is 0.714. The van der Waals surface area contributed by atoms with Gasteiger partial charge in [-0.15, -0.1) is 0 Å². The summed E-state index contributed by atoms with van der Waals surface area (Å²) in [6, 6.07) is 7.16. The number of benzene rings is 1. The Hall–Kier alpha value is -1.06. The lowest BCUT2D eigenvalue weighted by Crippen LogP contribution is -2.28. The Morgan fingerprint density at radius 2 is 2.11 bits per heavy atom. The molecule has 4 heteroatoms. The molecule has 0 aliphatic carbocycles. The molecular formula is C15H23ClN2O. The molecule has 2 N–H and O–H groups in total. The maximum atomic E-state index is 11.6. The summed E-state index contributed by atoms with van der Waals surface area (Å²) in [4.78, 5) is 11.6. The summed E-state index contributed by atoms with van der Waals surface area (Å²) in [6.45, 7) is 5.68. The molecule has 0 atom stereocenters. The van der Waals surface area contributed by atoms with Crippen LogP contribution in [0.4, 0.5) is 5.69 Å². The first-order chi connectivity index (χ1) is 9.08. The van der Waals surface area contributed by atoms with Gasteiger partial charge in [-0.05, 0) is 37.1 Å². The second-order valence-electron chi connectivity index (χ2n) is 5.12. The number of halogens is 1. The summed E-state index contributed by atoms with van der Waals surface area (Å²) < 4.78 is 0. The molecule has 0 aromatic heterocycles. The lowest BCUT2D eigenvalue weighted by molar-refractivity contribution is -0.115. The number of hydrogen-bond acceptors (Lipinski definition) is 2. The third-order valence-corrected chi connectivity index (χ3v) is 3.01. The first-order valence-electron chi connectivity index (χ1n) is 6.84. The van der Waals surface area contributed by atoms with Gasteiger partial charge in [-0.3, -0.25) is 4.79 Å². The van der Waals surface area contributed by atoms with Crippen LogP contribution in [-0.2, 0) is 4.79 Å². The molecule has 3 nitrogen and oxygen atoms in total. The summed E-state index contributed by atoms with van der Waals surface area (Å²) in [6.07, 6.45) is 3.57. The summed E-state index contributed by atoms with van der Waals surface area (Å²) in [5.74, 6) is 0.720. The van der Waals surface area contributed by atoms with Crippen molar-refractivity contribution in [1.82, 2.24) is 5.32 Å². The molecule has 1 rings (SSSR count). The predicted molar refractivity (Wildman–Crippen MR) is 81.6 cm³/mol. The molecule has 0 radical (unpaired) electrons. The highest BCUT2D eigenvalue weighted by Crippen LogP contribution is 2.14. The van der Waals surface area contributed by atoms with E-state index in [1.807, 2.05) is 12.1 Å². The van der Waals surface area contributed by atoms with Crippen LogP contribution in [0.3, 0.4) is 0 Å². The van der Waals surface area contributed by atoms with Crippen molar-refractivity contribution in [2.45, 2.75) is 33.1 Å². The Kier molecular flexibility index (Phi) is 7.53. The molecule has 0 unspecified atom stereocenters. The van der Waals surface area contributed by atoms with E-state index >= 15 is 0 Å². The highest BCUT2D eigenvalue weighted by Gasteiger charge is 2.02. The second kappa shape index (κ2) is 8.94. The Morgan fingerprint density at radius 1 is 1.32 bits per heavy atom. The molecule has 0 heterocycles. The van der Waals surface area contributed by atoms with E-state index < -0.39 is 0 Å². The standard InChI is InChI=1S/C15H23ClN2O/c1-12(2)6-3-4-9-17-11-15(19)18-14-8-5-7-13(16)10-14/h5,7-8,10,12,17H,3-4,6,9,11H2,1-2H3,(H,18,19). The van der Waals surface area contributed by atoms with Crippen molar-refractivity contribution in [3.8, 4) is 0 Å². The molecule has 19 heavy (non-hydrogen) atoms. The zero-order chi connectivity index (χ0) is 14.1. The van der Waals surface area contributed by atoms with Crippen molar-refractivity contribution < 1.29 is 4.79 Å². The highest BCUT2D eigenvalue weighted by atomic mass is 35.5. The first kappa shape index (κ1) is 16.0. The SMILES string of the molecule is CC(C)CCCCNCC(=O)Nc1cccc(Cl)c1. The van der Waals surface area contributed by atoms with E-state index in [2.05, 4.69) is 24.5 Å². The van der Waals surface area contributed by atoms with Crippen molar-refractivity contribution in [1.29, 1.82) is 0 Å². The highest BCUT2D eigenvalue weighted by molar-refractivity contribution is 6.30. The molecule has 0 spiro atoms. The predicted octanol–water partition coefficient (Wildman–Crippen LogP) is 3.69. The molecule has 0 saturated carbocycles. The van der Waals surface area contributed by atoms with Crippen LogP contribution in [0.1, 0.15) is 33.1 Å². The maximum absolute atomic E-state index is 11.6. The van der Waals surface area contributed by atoms with Gasteiger partial charge < -0.3 is 10.6 Å². The van der Waals surface area contributed by atoms with Gasteiger partial charge in [0, 0.05) is 10.7 Å². The fourth-order valence-corrected chi connectivity index (χ4v) is 1.97. The van der Waals surface area contributed by atoms with Gasteiger partial charge in [0.05, 0.1) is 6.54 Å². The number of anilines is 1. The minimum Gasteiger partial charge on any atom is -0.325 e. The summed E-state index contributed by atoms with van der Waals surface area (Å²) >= 11 is 5.85. The minimum absolute atomic E-state index is 0.0360. The van der Waals surface area contributed by atoms with Crippen molar-refractivity contribution in [3.63, 3.8) is 0 Å². The lowest BCUT2D eigenvalue weighted by Gasteiger charge is -2.07. The monoisotopic (exact) mass is 282 g/mol. The van der Waals surface area contributed by atoms with E-state index in [-0.39, 0.29) is 5.91 Å². The number of carbonyl (C=O) groups excluding carboxylic acids is 1. The number of unbranched alkanes of at least 4 members (excludes halogenated alkanes) is 1. The maximum Gasteiger partial charge on any atom is 0.238 e. The first-order valence-corrected chi connectivity index (χ1v) is 7.22. The van der Waals surface area contributed by atoms with Gasteiger partial charge in [0.25, 0.3) is 0 Å². The summed E-state index contributed by atoms with van der Waals surface area (Å²) in [5, 5.41) is 6.58. The second-order valence-corrected chi connectivity index (χ2v) is 5.56. The Labute approximate surface area is 120 Å². The molecule has 0 aliphatic rings. The van der Waals surface area contributed by atoms with E-state index in [1.165, 1.54) is 12.8 Å². The van der Waals surface area contributed by atoms with Crippen LogP contribution < -0.4 is 10.6 Å². The molecule has 106 valence electrons. The molecule has 1 aromatic carbocycles. The summed E-state index contributed by atoms with van der Waals surface area (Å²) in [7, 11) is 0. The van der Waals surface area contributed by atoms with Crippen LogP contribution in [0, 0.1) is 5.92 Å². The summed E-state index contributed by atoms with van der Waals surface area (Å²) in [5.41, 5.74) is 0.735. The Morgan fingerprint density at radius 3 is 2.79 bits per heavy atom. The normalized spacial score (nSPS) is 10.7. The topological polar surface area (TPSA) is 41.1 Å². The fraction of sp³-hybridized carbons (Fsp3) is 0.533. The van der Waals surface area contributed by atoms with Crippen LogP contribution >= 0.6 is 11.6 Å². The van der Waals surface area contributed by atoms with Crippen molar-refractivity contribution in [2.24, 2.45) is 5.92 Å².